The van der Waals surface area contributed by atoms with E-state index in [-0.39, 0.29) is 31.7 Å². The molecule has 0 radical (unpaired) electrons. The number of esters is 2. The van der Waals surface area contributed by atoms with Crippen molar-refractivity contribution in [3.63, 3.8) is 0 Å². The van der Waals surface area contributed by atoms with E-state index in [1.165, 1.54) is 13.2 Å². The molecule has 0 bridgehead atoms. The first-order valence-electron chi connectivity index (χ1n) is 15.7. The number of hydrogen-bond acceptors (Lipinski definition) is 8. The Hall–Kier alpha value is -3.41. The van der Waals surface area contributed by atoms with E-state index in [9.17, 15) is 24.3 Å². The zero-order chi connectivity index (χ0) is 34.7. The van der Waals surface area contributed by atoms with E-state index < -0.39 is 64.8 Å². The highest BCUT2D eigenvalue weighted by atomic mass is 79.9. The van der Waals surface area contributed by atoms with Crippen molar-refractivity contribution in [1.29, 1.82) is 0 Å². The van der Waals surface area contributed by atoms with Gasteiger partial charge in [0.1, 0.15) is 17.9 Å². The van der Waals surface area contributed by atoms with Gasteiger partial charge in [-0.25, -0.2) is 4.79 Å². The Labute approximate surface area is 289 Å². The quantitative estimate of drug-likeness (QED) is 0.239. The molecule has 0 spiro atoms. The molecule has 3 N–H and O–H groups in total. The average molecular weight is 736 g/mol. The number of rotatable bonds is 9. The van der Waals surface area contributed by atoms with E-state index in [2.05, 4.69) is 26.6 Å². The van der Waals surface area contributed by atoms with E-state index in [0.717, 1.165) is 0 Å². The number of hydrogen-bond donors (Lipinski definition) is 3. The van der Waals surface area contributed by atoms with Crippen LogP contribution >= 0.6 is 27.5 Å². The van der Waals surface area contributed by atoms with Crippen molar-refractivity contribution in [2.75, 3.05) is 13.7 Å². The Bertz CT molecular complexity index is 1410. The lowest BCUT2D eigenvalue weighted by Crippen LogP contribution is -2.49. The number of aliphatic hydroxyl groups excluding tert-OH is 1. The Morgan fingerprint density at radius 3 is 2.38 bits per heavy atom. The minimum absolute atomic E-state index is 0.00328. The number of aliphatic hydroxyl groups is 1. The molecule has 2 amide bonds. The first-order valence-corrected chi connectivity index (χ1v) is 16.9. The van der Waals surface area contributed by atoms with Crippen molar-refractivity contribution in [1.82, 2.24) is 10.6 Å². The molecule has 0 fully saturated rings. The lowest BCUT2D eigenvalue weighted by Gasteiger charge is -2.31. The maximum Gasteiger partial charge on any atom is 0.347 e. The van der Waals surface area contributed by atoms with Gasteiger partial charge in [0.2, 0.25) is 11.8 Å². The second-order valence-corrected chi connectivity index (χ2v) is 13.7. The van der Waals surface area contributed by atoms with Gasteiger partial charge < -0.3 is 30.0 Å². The third-order valence-corrected chi connectivity index (χ3v) is 9.55. The highest BCUT2D eigenvalue weighted by Gasteiger charge is 2.35. The molecule has 1 heterocycles. The van der Waals surface area contributed by atoms with Gasteiger partial charge in [0.05, 0.1) is 29.0 Å². The predicted octanol–water partition coefficient (Wildman–Crippen LogP) is 5.09. The molecule has 0 saturated heterocycles. The van der Waals surface area contributed by atoms with Crippen LogP contribution in [0.4, 0.5) is 0 Å². The molecule has 7 atom stereocenters. The molecular weight excluding hydrogens is 692 g/mol. The minimum Gasteiger partial charge on any atom is -0.495 e. The molecule has 2 aromatic rings. The summed E-state index contributed by atoms with van der Waals surface area (Å²) in [6, 6.07) is 13.2. The fourth-order valence-electron chi connectivity index (χ4n) is 5.07. The first-order chi connectivity index (χ1) is 22.3. The summed E-state index contributed by atoms with van der Waals surface area (Å²) in [6.45, 7) is 7.10. The molecule has 256 valence electrons. The number of amides is 2. The van der Waals surface area contributed by atoms with Gasteiger partial charge in [-0.05, 0) is 41.7 Å². The maximum absolute atomic E-state index is 13.5. The van der Waals surface area contributed by atoms with E-state index >= 15 is 0 Å². The van der Waals surface area contributed by atoms with E-state index in [0.29, 0.717) is 21.9 Å². The summed E-state index contributed by atoms with van der Waals surface area (Å²) in [5.41, 5.74) is 1.36. The molecule has 0 saturated carbocycles. The maximum atomic E-state index is 13.5. The van der Waals surface area contributed by atoms with Crippen LogP contribution in [0.3, 0.4) is 0 Å². The summed E-state index contributed by atoms with van der Waals surface area (Å²) >= 11 is 9.90. The average Bonchev–Trinajstić information content (AvgIpc) is 3.04. The van der Waals surface area contributed by atoms with Gasteiger partial charge in [-0.15, -0.1) is 0 Å². The molecule has 3 rings (SSSR count). The van der Waals surface area contributed by atoms with Crippen molar-refractivity contribution in [3.05, 3.63) is 76.8 Å². The van der Waals surface area contributed by atoms with Crippen molar-refractivity contribution in [3.8, 4) is 5.75 Å². The highest BCUT2D eigenvalue weighted by Crippen LogP contribution is 2.33. The molecule has 10 nitrogen and oxygen atoms in total. The normalized spacial score (nSPS) is 24.3. The van der Waals surface area contributed by atoms with Gasteiger partial charge >= 0.3 is 11.9 Å². The number of alkyl halides is 1. The third-order valence-electron chi connectivity index (χ3n) is 7.92. The zero-order valence-corrected chi connectivity index (χ0v) is 29.6. The topological polar surface area (TPSA) is 140 Å². The molecule has 12 heteroatoms. The van der Waals surface area contributed by atoms with Gasteiger partial charge in [0.25, 0.3) is 0 Å². The van der Waals surface area contributed by atoms with Gasteiger partial charge in [0.15, 0.2) is 6.10 Å². The second-order valence-electron chi connectivity index (χ2n) is 12.2. The Balaban J connectivity index is 1.92. The monoisotopic (exact) mass is 734 g/mol. The lowest BCUT2D eigenvalue weighted by molar-refractivity contribution is -0.176. The Morgan fingerprint density at radius 2 is 1.74 bits per heavy atom. The summed E-state index contributed by atoms with van der Waals surface area (Å²) in [7, 11) is 1.50. The van der Waals surface area contributed by atoms with Crippen LogP contribution in [0, 0.1) is 17.8 Å². The second kappa shape index (κ2) is 18.2. The fraction of sp³-hybridized carbons (Fsp3) is 0.486. The van der Waals surface area contributed by atoms with Crippen LogP contribution in [-0.4, -0.2) is 65.6 Å². The highest BCUT2D eigenvalue weighted by molar-refractivity contribution is 9.09. The standard InChI is InChI=1S/C35H44BrClN2O8/c1-20(2)16-29-35(44)46-27(22(4)31(36)32(41)24-10-7-6-8-11-24)12-9-13-30(40)39-26(33(42)38-19-21(3)34(43)47-29)18-23-14-15-28(45-5)25(37)17-23/h6-11,13-15,17,20-22,26-27,29,31-32,41H,12,16,18-19H2,1-5H3,(H,38,42)(H,39,40)/b13-9+/t21-,22+,26-,27+,29+,31-,32+/m1/s1. The number of cyclic esters (lactones) is 2. The summed E-state index contributed by atoms with van der Waals surface area (Å²) in [6.07, 6.45) is 0.358. The molecule has 2 aromatic carbocycles. The molecule has 0 aliphatic carbocycles. The molecule has 0 aromatic heterocycles. The van der Waals surface area contributed by atoms with Gasteiger partial charge in [-0.3, -0.25) is 14.4 Å². The van der Waals surface area contributed by atoms with Crippen LogP contribution in [0.1, 0.15) is 57.8 Å². The summed E-state index contributed by atoms with van der Waals surface area (Å²) in [5.74, 6) is -3.23. The van der Waals surface area contributed by atoms with Crippen LogP contribution in [-0.2, 0) is 35.1 Å². The first kappa shape index (κ1) is 38.0. The van der Waals surface area contributed by atoms with Crippen LogP contribution < -0.4 is 15.4 Å². The number of carbonyl (C=O) groups excluding carboxylic acids is 4. The summed E-state index contributed by atoms with van der Waals surface area (Å²) < 4.78 is 16.8. The van der Waals surface area contributed by atoms with E-state index in [1.807, 2.05) is 39.0 Å². The lowest BCUT2D eigenvalue weighted by atomic mass is 9.91. The minimum atomic E-state index is -1.18. The molecule has 47 heavy (non-hydrogen) atoms. The van der Waals surface area contributed by atoms with Crippen molar-refractivity contribution < 1.29 is 38.5 Å². The van der Waals surface area contributed by atoms with Gasteiger partial charge in [-0.1, -0.05) is 97.7 Å². The number of benzene rings is 2. The molecule has 1 aliphatic rings. The third kappa shape index (κ3) is 11.4. The number of ether oxygens (including phenoxy) is 3. The number of methoxy groups -OCH3 is 1. The van der Waals surface area contributed by atoms with E-state index in [4.69, 9.17) is 25.8 Å². The summed E-state index contributed by atoms with van der Waals surface area (Å²) in [5, 5.41) is 16.9. The zero-order valence-electron chi connectivity index (χ0n) is 27.3. The van der Waals surface area contributed by atoms with Gasteiger partial charge in [-0.2, -0.15) is 0 Å². The van der Waals surface area contributed by atoms with Crippen molar-refractivity contribution in [2.24, 2.45) is 17.8 Å². The number of carbonyl (C=O) groups is 4. The SMILES string of the molecule is COc1ccc(C[C@H]2NC(=O)/C=C/C[C@@H]([C@H](C)[C@@H](Br)[C@@H](O)c3ccccc3)OC(=O)[C@H](CC(C)C)OC(=O)[C@H](C)CNC2=O)cc1Cl. The van der Waals surface area contributed by atoms with Gasteiger partial charge in [0, 0.05) is 25.3 Å². The van der Waals surface area contributed by atoms with Crippen LogP contribution in [0.15, 0.2) is 60.7 Å². The smallest absolute Gasteiger partial charge is 0.347 e. The van der Waals surface area contributed by atoms with Crippen LogP contribution in [0.25, 0.3) is 0 Å². The predicted molar refractivity (Wildman–Crippen MR) is 182 cm³/mol. The van der Waals surface area contributed by atoms with Crippen molar-refractivity contribution >= 4 is 51.3 Å². The largest absolute Gasteiger partial charge is 0.495 e. The number of halogens is 2. The number of nitrogens with one attached hydrogen (secondary N) is 2. The Morgan fingerprint density at radius 1 is 1.04 bits per heavy atom. The van der Waals surface area contributed by atoms with E-state index in [1.54, 1.807) is 43.3 Å². The van der Waals surface area contributed by atoms with Crippen LogP contribution in [0.5, 0.6) is 5.75 Å². The van der Waals surface area contributed by atoms with Crippen molar-refractivity contribution in [2.45, 2.75) is 76.1 Å². The summed E-state index contributed by atoms with van der Waals surface area (Å²) in [4.78, 5) is 52.5. The Kier molecular flexibility index (Phi) is 14.7. The molecule has 0 unspecified atom stereocenters. The fourth-order valence-corrected chi connectivity index (χ4v) is 6.00. The molecule has 1 aliphatic heterocycles. The molecular formula is C35H44BrClN2O8. The van der Waals surface area contributed by atoms with Crippen LogP contribution in [0.2, 0.25) is 5.02 Å².